The minimum atomic E-state index is -1.56. The molecule has 1 radical (unpaired) electrons. The van der Waals surface area contributed by atoms with E-state index >= 15 is 0 Å². The van der Waals surface area contributed by atoms with Crippen LogP contribution in [0.4, 0.5) is 0 Å². The first-order valence-electron chi connectivity index (χ1n) is 14.8. The summed E-state index contributed by atoms with van der Waals surface area (Å²) in [5.41, 5.74) is 6.99. The Morgan fingerprint density at radius 2 is 1.81 bits per heavy atom. The summed E-state index contributed by atoms with van der Waals surface area (Å²) in [5.74, 6) is 0.799. The lowest BCUT2D eigenvalue weighted by Gasteiger charge is -2.30. The van der Waals surface area contributed by atoms with Crippen LogP contribution in [-0.4, -0.2) is 30.6 Å². The average molecular weight is 599 g/mol. The van der Waals surface area contributed by atoms with Crippen molar-refractivity contribution >= 4 is 22.6 Å². The molecule has 1 unspecified atom stereocenters. The second kappa shape index (κ2) is 21.1. The highest BCUT2D eigenvalue weighted by Crippen LogP contribution is 2.50. The number of hydrogen-bond acceptors (Lipinski definition) is 3. The van der Waals surface area contributed by atoms with E-state index in [2.05, 4.69) is 125 Å². The molecular formula is C37H51BN2O2S+. The molecule has 2 rings (SSSR count). The van der Waals surface area contributed by atoms with Gasteiger partial charge in [0, 0.05) is 10.8 Å². The first-order chi connectivity index (χ1) is 20.6. The molecule has 0 fully saturated rings. The standard InChI is InChI=1S/C27H40BNOS.C10H11NO/c1-10-12-13-21-26(8)27(28-31(9,24(5)6)30-29-11-2)22-17-16-20-25(7)19-15-14-18-23(3)4;1-2-12-10-9-6-4-3-5-8(9)7-11-10/h10,12-19,21-22,24H,8,20H2,1-7,9H3;3-6H,2,7H2,1H3/q+1;/b12-10-,15-14-,17-16-,21-13-,25-19+,27-22-;. The normalized spacial score (nSPS) is 15.3. The molecule has 6 heteroatoms. The van der Waals surface area contributed by atoms with Crippen LogP contribution in [0, 0.1) is 6.07 Å². The van der Waals surface area contributed by atoms with Crippen LogP contribution in [0.2, 0.25) is 0 Å². The number of ether oxygens (including phenoxy) is 1. The van der Waals surface area contributed by atoms with Crippen LogP contribution in [-0.2, 0) is 15.6 Å². The largest absolute Gasteiger partial charge is 0.478 e. The first kappa shape index (κ1) is 37.3. The van der Waals surface area contributed by atoms with E-state index in [4.69, 9.17) is 9.02 Å². The van der Waals surface area contributed by atoms with Crippen molar-refractivity contribution in [3.63, 3.8) is 0 Å². The van der Waals surface area contributed by atoms with Crippen LogP contribution in [0.1, 0.15) is 72.9 Å². The minimum absolute atomic E-state index is 0.307. The van der Waals surface area contributed by atoms with E-state index in [0.717, 1.165) is 35.5 Å². The third kappa shape index (κ3) is 14.9. The summed E-state index contributed by atoms with van der Waals surface area (Å²) in [6.07, 6.45) is 25.8. The van der Waals surface area contributed by atoms with Crippen LogP contribution in [0.3, 0.4) is 0 Å². The van der Waals surface area contributed by atoms with Crippen LogP contribution in [0.5, 0.6) is 0 Å². The molecule has 0 saturated carbocycles. The molecule has 0 aliphatic carbocycles. The van der Waals surface area contributed by atoms with Gasteiger partial charge in [0.2, 0.25) is 10.9 Å². The van der Waals surface area contributed by atoms with Crippen LogP contribution < -0.4 is 0 Å². The molecule has 0 aromatic heterocycles. The molecule has 0 spiro atoms. The number of hydrogen-bond donors (Lipinski definition) is 0. The highest BCUT2D eigenvalue weighted by molar-refractivity contribution is 8.49. The van der Waals surface area contributed by atoms with Crippen LogP contribution in [0.15, 0.2) is 125 Å². The van der Waals surface area contributed by atoms with Gasteiger partial charge in [-0.2, -0.15) is 0 Å². The monoisotopic (exact) mass is 598 g/mol. The van der Waals surface area contributed by atoms with Crippen molar-refractivity contribution in [2.45, 2.75) is 73.6 Å². The molecule has 43 heavy (non-hydrogen) atoms. The Morgan fingerprint density at radius 3 is 2.47 bits per heavy atom. The number of benzene rings is 1. The average Bonchev–Trinajstić information content (AvgIpc) is 3.39. The second-order valence-corrected chi connectivity index (χ2v) is 13.8. The minimum Gasteiger partial charge on any atom is -0.478 e. The topological polar surface area (TPSA) is 35.2 Å². The summed E-state index contributed by atoms with van der Waals surface area (Å²) in [5, 5.41) is 4.26. The van der Waals surface area contributed by atoms with Gasteiger partial charge in [-0.15, -0.1) is 4.28 Å². The van der Waals surface area contributed by atoms with Crippen LogP contribution in [0.25, 0.3) is 5.01 Å². The Labute approximate surface area is 264 Å². The highest BCUT2D eigenvalue weighted by Gasteiger charge is 2.33. The summed E-state index contributed by atoms with van der Waals surface area (Å²) in [6, 6.07) is 10.9. The molecule has 0 amide bonds. The molecule has 1 aromatic rings. The zero-order valence-electron chi connectivity index (χ0n) is 27.8. The Balaban J connectivity index is 0.000000628. The summed E-state index contributed by atoms with van der Waals surface area (Å²) in [4.78, 5) is 4.29. The van der Waals surface area contributed by atoms with Gasteiger partial charge in [0.15, 0.2) is 0 Å². The Bertz CT molecular complexity index is 1350. The summed E-state index contributed by atoms with van der Waals surface area (Å²) >= 11 is 0. The number of aliphatic imine (C=N–C) groups is 1. The molecule has 1 aliphatic rings. The van der Waals surface area contributed by atoms with E-state index < -0.39 is 10.2 Å². The molecule has 0 saturated heterocycles. The molecule has 1 aromatic carbocycles. The van der Waals surface area contributed by atoms with Gasteiger partial charge >= 0.3 is 6.07 Å². The number of nitrogens with zero attached hydrogens (tertiary/aromatic N) is 2. The Hall–Kier alpha value is -3.69. The first-order valence-corrected chi connectivity index (χ1v) is 16.9. The maximum Gasteiger partial charge on any atom is 0.347 e. The molecule has 229 valence electrons. The lowest BCUT2D eigenvalue weighted by Crippen LogP contribution is -2.20. The van der Waals surface area contributed by atoms with Crippen molar-refractivity contribution < 1.29 is 9.02 Å². The Kier molecular flexibility index (Phi) is 18.3. The van der Waals surface area contributed by atoms with Gasteiger partial charge in [-0.1, -0.05) is 122 Å². The number of allylic oxidation sites excluding steroid dienone is 15. The fourth-order valence-electron chi connectivity index (χ4n) is 3.54. The van der Waals surface area contributed by atoms with Crippen LogP contribution >= 0.6 is 10.2 Å². The SMILES string of the molecule is C=C(/C=C\C=C/C)/C([B]S(C)(O[N+]#CC)C(C)C)=C/C=C\C/C(C)=C/C=C\C=C(C)C.CCOC1=NCc2ccccc21. The van der Waals surface area contributed by atoms with Crippen molar-refractivity contribution in [3.8, 4) is 6.07 Å². The predicted octanol–water partition coefficient (Wildman–Crippen LogP) is 10.6. The van der Waals surface area contributed by atoms with Gasteiger partial charge in [-0.3, -0.25) is 0 Å². The van der Waals surface area contributed by atoms with Crippen molar-refractivity contribution in [2.24, 2.45) is 4.99 Å². The zero-order valence-corrected chi connectivity index (χ0v) is 28.6. The third-order valence-electron chi connectivity index (χ3n) is 6.25. The van der Waals surface area contributed by atoms with Crippen molar-refractivity contribution in [1.29, 1.82) is 0 Å². The fraction of sp³-hybridized carbons (Fsp3) is 0.351. The van der Waals surface area contributed by atoms with E-state index in [1.165, 1.54) is 16.7 Å². The zero-order chi connectivity index (χ0) is 32.1. The van der Waals surface area contributed by atoms with E-state index in [0.29, 0.717) is 11.9 Å². The quantitative estimate of drug-likeness (QED) is 0.129. The maximum absolute atomic E-state index is 5.84. The molecule has 1 aliphatic heterocycles. The molecule has 0 bridgehead atoms. The summed E-state index contributed by atoms with van der Waals surface area (Å²) < 4.78 is 11.2. The lowest BCUT2D eigenvalue weighted by atomic mass is 9.86. The van der Waals surface area contributed by atoms with E-state index in [1.54, 1.807) is 6.92 Å². The summed E-state index contributed by atoms with van der Waals surface area (Å²) in [7, 11) is -1.56. The van der Waals surface area contributed by atoms with E-state index in [-0.39, 0.29) is 0 Å². The molecule has 0 N–H and O–H groups in total. The highest BCUT2D eigenvalue weighted by atomic mass is 32.3. The van der Waals surface area contributed by atoms with Crippen molar-refractivity contribution in [2.75, 3.05) is 12.9 Å². The smallest absolute Gasteiger partial charge is 0.347 e. The van der Waals surface area contributed by atoms with Gasteiger partial charge < -0.3 is 4.74 Å². The molecular weight excluding hydrogens is 547 g/mol. The van der Waals surface area contributed by atoms with Crippen molar-refractivity contribution in [1.82, 2.24) is 0 Å². The van der Waals surface area contributed by atoms with E-state index in [1.807, 2.05) is 50.3 Å². The van der Waals surface area contributed by atoms with Gasteiger partial charge in [0.25, 0.3) is 6.56 Å². The summed E-state index contributed by atoms with van der Waals surface area (Å²) in [6.45, 7) is 24.2. The lowest BCUT2D eigenvalue weighted by molar-refractivity contribution is 0.329. The van der Waals surface area contributed by atoms with Crippen molar-refractivity contribution in [3.05, 3.63) is 136 Å². The predicted molar refractivity (Wildman–Crippen MR) is 194 cm³/mol. The van der Waals surface area contributed by atoms with Gasteiger partial charge in [0.1, 0.15) is 0 Å². The maximum atomic E-state index is 5.84. The number of fused-ring (bicyclic) bond motifs is 1. The second-order valence-electron chi connectivity index (χ2n) is 10.5. The van der Waals surface area contributed by atoms with E-state index in [9.17, 15) is 0 Å². The number of rotatable bonds is 13. The van der Waals surface area contributed by atoms with Gasteiger partial charge in [-0.05, 0) is 74.7 Å². The van der Waals surface area contributed by atoms with Gasteiger partial charge in [-0.25, -0.2) is 4.99 Å². The molecule has 1 heterocycles. The molecule has 4 nitrogen and oxygen atoms in total. The molecule has 1 atom stereocenters. The van der Waals surface area contributed by atoms with Gasteiger partial charge in [0.05, 0.1) is 20.1 Å². The third-order valence-corrected chi connectivity index (χ3v) is 9.24. The fourth-order valence-corrected chi connectivity index (χ4v) is 5.00. The Morgan fingerprint density at radius 1 is 1.09 bits per heavy atom.